The van der Waals surface area contributed by atoms with Crippen LogP contribution in [-0.2, 0) is 19.7 Å². The van der Waals surface area contributed by atoms with Crippen molar-refractivity contribution in [3.63, 3.8) is 0 Å². The molecule has 3 aliphatic heterocycles. The van der Waals surface area contributed by atoms with E-state index in [0.717, 1.165) is 0 Å². The zero-order valence-electron chi connectivity index (χ0n) is 11.5. The standard InChI is InChI=1S/C10H15I2N4O5S/c11-13-4-2-8(9(13)17)21-15-6-5-14(10(15)18)12-16-3-1-7-22(16,19)20/h8H,1-7H2/q-1. The van der Waals surface area contributed by atoms with Gasteiger partial charge in [-0.25, -0.2) is 0 Å². The summed E-state index contributed by atoms with van der Waals surface area (Å²) in [5.74, 6) is 0.0282. The summed E-state index contributed by atoms with van der Waals surface area (Å²) in [6, 6.07) is -0.338. The Morgan fingerprint density at radius 1 is 1.18 bits per heavy atom. The molecule has 0 N–H and O–H groups in total. The molecule has 9 nitrogen and oxygen atoms in total. The van der Waals surface area contributed by atoms with Gasteiger partial charge in [-0.05, 0) is 0 Å². The van der Waals surface area contributed by atoms with Crippen molar-refractivity contribution in [1.82, 2.24) is 13.8 Å². The fourth-order valence-electron chi connectivity index (χ4n) is 2.33. The molecule has 0 spiro atoms. The summed E-state index contributed by atoms with van der Waals surface area (Å²) in [4.78, 5) is 29.6. The Hall–Kier alpha value is 0.0700. The Morgan fingerprint density at radius 3 is 2.55 bits per heavy atom. The van der Waals surface area contributed by atoms with Gasteiger partial charge in [0, 0.05) is 0 Å². The third kappa shape index (κ3) is 3.29. The molecule has 0 aromatic carbocycles. The number of nitrogens with zero attached hydrogens (tertiary/aromatic N) is 4. The van der Waals surface area contributed by atoms with E-state index in [9.17, 15) is 18.0 Å². The number of carbonyl (C=O) groups excluding carboxylic acids is 2. The van der Waals surface area contributed by atoms with Crippen LogP contribution >= 0.6 is 22.9 Å². The van der Waals surface area contributed by atoms with Gasteiger partial charge in [0.15, 0.2) is 0 Å². The van der Waals surface area contributed by atoms with E-state index in [1.54, 1.807) is 6.23 Å². The summed E-state index contributed by atoms with van der Waals surface area (Å²) < 4.78 is 28.2. The summed E-state index contributed by atoms with van der Waals surface area (Å²) in [5, 5.41) is 1.20. The second-order valence-electron chi connectivity index (χ2n) is 5.03. The van der Waals surface area contributed by atoms with Crippen molar-refractivity contribution < 1.29 is 44.6 Å². The molecule has 126 valence electrons. The number of hydrogen-bond donors (Lipinski definition) is 0. The van der Waals surface area contributed by atoms with Crippen molar-refractivity contribution >= 4 is 44.8 Å². The van der Waals surface area contributed by atoms with Crippen LogP contribution in [0.15, 0.2) is 0 Å². The molecule has 12 heteroatoms. The Morgan fingerprint density at radius 2 is 1.95 bits per heavy atom. The van der Waals surface area contributed by atoms with Gasteiger partial charge >= 0.3 is 154 Å². The van der Waals surface area contributed by atoms with Crippen molar-refractivity contribution in [1.29, 1.82) is 0 Å². The fraction of sp³-hybridized carbons (Fsp3) is 0.800. The molecule has 3 heterocycles. The third-order valence-corrected chi connectivity index (χ3v) is 10.6. The molecule has 0 aromatic heterocycles. The van der Waals surface area contributed by atoms with E-state index in [1.165, 1.54) is 7.58 Å². The van der Waals surface area contributed by atoms with E-state index in [0.29, 0.717) is 39.0 Å². The molecular weight excluding hydrogens is 542 g/mol. The number of halogens is 2. The number of carbonyl (C=O) groups is 2. The second-order valence-corrected chi connectivity index (χ2v) is 11.6. The third-order valence-electron chi connectivity index (χ3n) is 3.49. The van der Waals surface area contributed by atoms with Gasteiger partial charge in [0.2, 0.25) is 0 Å². The summed E-state index contributed by atoms with van der Waals surface area (Å²) >= 11 is 0.859. The van der Waals surface area contributed by atoms with Crippen LogP contribution in [0.25, 0.3) is 0 Å². The number of amides is 3. The number of urea groups is 1. The molecule has 3 rings (SSSR count). The molecule has 0 bridgehead atoms. The van der Waals surface area contributed by atoms with Gasteiger partial charge < -0.3 is 0 Å². The Bertz CT molecular complexity index is 588. The first-order valence-corrected chi connectivity index (χ1v) is 11.3. The van der Waals surface area contributed by atoms with E-state index in [2.05, 4.69) is 0 Å². The molecule has 1 unspecified atom stereocenters. The normalized spacial score (nSPS) is 29.3. The van der Waals surface area contributed by atoms with Crippen molar-refractivity contribution in [2.45, 2.75) is 18.9 Å². The molecule has 22 heavy (non-hydrogen) atoms. The molecule has 0 aliphatic carbocycles. The van der Waals surface area contributed by atoms with Gasteiger partial charge in [-0.15, -0.1) is 0 Å². The molecule has 0 saturated carbocycles. The van der Waals surface area contributed by atoms with Crippen molar-refractivity contribution in [2.75, 3.05) is 31.9 Å². The van der Waals surface area contributed by atoms with Crippen LogP contribution in [-0.4, -0.2) is 72.2 Å². The maximum atomic E-state index is 12.3. The Balaban J connectivity index is 1.57. The topological polar surface area (TPSA) is 90.5 Å². The number of sulfonamides is 1. The van der Waals surface area contributed by atoms with Crippen molar-refractivity contribution in [3.8, 4) is 0 Å². The summed E-state index contributed by atoms with van der Waals surface area (Å²) in [5.41, 5.74) is 0. The van der Waals surface area contributed by atoms with Crippen LogP contribution in [0.2, 0.25) is 0 Å². The number of hydroxylamine groups is 2. The van der Waals surface area contributed by atoms with E-state index >= 15 is 0 Å². The van der Waals surface area contributed by atoms with Crippen molar-refractivity contribution in [2.24, 2.45) is 0 Å². The average molecular weight is 557 g/mol. The van der Waals surface area contributed by atoms with Gasteiger partial charge in [-0.2, -0.15) is 0 Å². The predicted octanol–water partition coefficient (Wildman–Crippen LogP) is -3.44. The summed E-state index contributed by atoms with van der Waals surface area (Å²) in [6.07, 6.45) is 0.558. The van der Waals surface area contributed by atoms with Crippen LogP contribution in [0.5, 0.6) is 0 Å². The molecule has 3 aliphatic rings. The van der Waals surface area contributed by atoms with E-state index in [-0.39, 0.29) is 17.7 Å². The number of rotatable bonds is 4. The Labute approximate surface area is 153 Å². The monoisotopic (exact) mass is 557 g/mol. The first-order chi connectivity index (χ1) is 10.4. The van der Waals surface area contributed by atoms with Crippen LogP contribution in [0.1, 0.15) is 12.8 Å². The zero-order chi connectivity index (χ0) is 15.9. The van der Waals surface area contributed by atoms with Crippen LogP contribution in [0, 0.1) is 0 Å². The molecule has 3 fully saturated rings. The van der Waals surface area contributed by atoms with Gasteiger partial charge in [0.05, 0.1) is 0 Å². The van der Waals surface area contributed by atoms with Gasteiger partial charge in [0.25, 0.3) is 0 Å². The second kappa shape index (κ2) is 6.52. The van der Waals surface area contributed by atoms with E-state index < -0.39 is 37.9 Å². The van der Waals surface area contributed by atoms with Crippen molar-refractivity contribution in [3.05, 3.63) is 0 Å². The van der Waals surface area contributed by atoms with Crippen LogP contribution in [0.3, 0.4) is 0 Å². The van der Waals surface area contributed by atoms with Crippen LogP contribution < -0.4 is 21.8 Å². The molecule has 3 amide bonds. The minimum atomic E-state index is -3.19. The molecule has 3 saturated heterocycles. The zero-order valence-corrected chi connectivity index (χ0v) is 16.7. The molecular formula is C10H15I2N4O5S-. The number of hydrogen-bond acceptors (Lipinski definition) is 5. The van der Waals surface area contributed by atoms with Gasteiger partial charge in [-0.1, -0.05) is 0 Å². The van der Waals surface area contributed by atoms with E-state index in [4.69, 9.17) is 4.84 Å². The summed E-state index contributed by atoms with van der Waals surface area (Å²) in [6.45, 7) is 1.89. The predicted molar refractivity (Wildman–Crippen MR) is 79.1 cm³/mol. The van der Waals surface area contributed by atoms with Crippen LogP contribution in [0.4, 0.5) is 4.79 Å². The average Bonchev–Trinajstić information content (AvgIpc) is 3.08. The van der Waals surface area contributed by atoms with Gasteiger partial charge in [0.1, 0.15) is 0 Å². The Kier molecular flexibility index (Phi) is 5.01. The SMILES string of the molecule is O=C1C(ON2CCN([I-]N3CCCS3(=O)=O)C2=O)CCN1I. The quantitative estimate of drug-likeness (QED) is 0.266. The maximum absolute atomic E-state index is 12.3. The minimum absolute atomic E-state index is 0.135. The first-order valence-electron chi connectivity index (χ1n) is 6.77. The summed E-state index contributed by atoms with van der Waals surface area (Å²) in [7, 11) is -3.19. The van der Waals surface area contributed by atoms with E-state index in [1.807, 2.05) is 22.9 Å². The molecule has 0 radical (unpaired) electrons. The molecule has 0 aromatic rings. The van der Waals surface area contributed by atoms with Gasteiger partial charge in [-0.3, -0.25) is 0 Å². The fourth-order valence-corrected chi connectivity index (χ4v) is 8.00. The first kappa shape index (κ1) is 16.9. The molecule has 1 atom stereocenters.